The Hall–Kier alpha value is -1.29. The van der Waals surface area contributed by atoms with Crippen LogP contribution in [0, 0.1) is 13.8 Å². The van der Waals surface area contributed by atoms with E-state index in [2.05, 4.69) is 48.6 Å². The van der Waals surface area contributed by atoms with E-state index in [0.29, 0.717) is 6.04 Å². The van der Waals surface area contributed by atoms with Crippen molar-refractivity contribution in [2.45, 2.75) is 40.3 Å². The van der Waals surface area contributed by atoms with Gasteiger partial charge in [-0.3, -0.25) is 0 Å². The van der Waals surface area contributed by atoms with Gasteiger partial charge in [-0.15, -0.1) is 11.3 Å². The van der Waals surface area contributed by atoms with Crippen molar-refractivity contribution in [1.82, 2.24) is 9.55 Å². The molecule has 2 aromatic rings. The van der Waals surface area contributed by atoms with E-state index in [9.17, 15) is 0 Å². The Bertz CT molecular complexity index is 498. The summed E-state index contributed by atoms with van der Waals surface area (Å²) in [5.74, 6) is 0.947. The first-order valence-corrected chi connectivity index (χ1v) is 6.78. The van der Waals surface area contributed by atoms with E-state index in [1.165, 1.54) is 15.3 Å². The summed E-state index contributed by atoms with van der Waals surface area (Å²) in [5.41, 5.74) is 1.37. The van der Waals surface area contributed by atoms with Crippen molar-refractivity contribution in [3.05, 3.63) is 33.8 Å². The van der Waals surface area contributed by atoms with Crippen LogP contribution >= 0.6 is 11.3 Å². The van der Waals surface area contributed by atoms with Crippen molar-refractivity contribution in [3.8, 4) is 0 Å². The van der Waals surface area contributed by atoms with Gasteiger partial charge < -0.3 is 9.88 Å². The predicted molar refractivity (Wildman–Crippen MR) is 73.7 cm³/mol. The highest BCUT2D eigenvalue weighted by atomic mass is 32.1. The predicted octanol–water partition coefficient (Wildman–Crippen LogP) is 3.75. The fourth-order valence-corrected chi connectivity index (χ4v) is 3.08. The van der Waals surface area contributed by atoms with E-state index >= 15 is 0 Å². The summed E-state index contributed by atoms with van der Waals surface area (Å²) < 4.78 is 2.12. The highest BCUT2D eigenvalue weighted by molar-refractivity contribution is 7.12. The molecule has 0 aliphatic rings. The lowest BCUT2D eigenvalue weighted by atomic mass is 10.1. The fourth-order valence-electron chi connectivity index (χ4n) is 2.06. The number of anilines is 1. The minimum atomic E-state index is 0.299. The Morgan fingerprint density at radius 1 is 1.47 bits per heavy atom. The number of thiophene rings is 1. The molecule has 0 saturated heterocycles. The summed E-state index contributed by atoms with van der Waals surface area (Å²) in [6, 6.07) is 2.56. The van der Waals surface area contributed by atoms with E-state index in [-0.39, 0.29) is 0 Å². The number of hydrogen-bond donors (Lipinski definition) is 1. The zero-order valence-corrected chi connectivity index (χ0v) is 11.6. The molecule has 0 saturated carbocycles. The number of rotatable bonds is 4. The summed E-state index contributed by atoms with van der Waals surface area (Å²) in [7, 11) is 0. The molecule has 0 aromatic carbocycles. The fraction of sp³-hybridized carbons (Fsp3) is 0.462. The third kappa shape index (κ3) is 2.52. The van der Waals surface area contributed by atoms with Crippen LogP contribution in [0.1, 0.15) is 35.2 Å². The molecule has 0 radical (unpaired) electrons. The monoisotopic (exact) mass is 249 g/mol. The minimum absolute atomic E-state index is 0.299. The van der Waals surface area contributed by atoms with E-state index in [1.807, 2.05) is 23.7 Å². The second kappa shape index (κ2) is 4.92. The standard InChI is InChI=1S/C13H19N3S/c1-5-16-7-6-14-13(16)15-10(3)12-8-9(2)17-11(12)4/h6-8,10H,5H2,1-4H3,(H,14,15). The minimum Gasteiger partial charge on any atom is -0.349 e. The molecule has 2 rings (SSSR count). The Morgan fingerprint density at radius 2 is 2.24 bits per heavy atom. The van der Waals surface area contributed by atoms with Gasteiger partial charge in [0.1, 0.15) is 0 Å². The molecule has 1 N–H and O–H groups in total. The van der Waals surface area contributed by atoms with Gasteiger partial charge in [0, 0.05) is 28.7 Å². The van der Waals surface area contributed by atoms with Gasteiger partial charge in [-0.25, -0.2) is 4.98 Å². The average Bonchev–Trinajstić information content (AvgIpc) is 2.84. The first-order chi connectivity index (χ1) is 8.11. The zero-order valence-electron chi connectivity index (χ0n) is 10.8. The molecule has 2 aromatic heterocycles. The molecule has 3 nitrogen and oxygen atoms in total. The van der Waals surface area contributed by atoms with Gasteiger partial charge >= 0.3 is 0 Å². The van der Waals surface area contributed by atoms with Crippen LogP contribution in [0.2, 0.25) is 0 Å². The summed E-state index contributed by atoms with van der Waals surface area (Å²) in [5, 5.41) is 3.47. The summed E-state index contributed by atoms with van der Waals surface area (Å²) in [6.45, 7) is 9.58. The topological polar surface area (TPSA) is 29.9 Å². The third-order valence-corrected chi connectivity index (χ3v) is 3.93. The van der Waals surface area contributed by atoms with Crippen LogP contribution in [0.25, 0.3) is 0 Å². The lowest BCUT2D eigenvalue weighted by Gasteiger charge is -2.15. The first-order valence-electron chi connectivity index (χ1n) is 5.96. The molecule has 1 unspecified atom stereocenters. The number of hydrogen-bond acceptors (Lipinski definition) is 3. The van der Waals surface area contributed by atoms with Crippen LogP contribution in [-0.4, -0.2) is 9.55 Å². The van der Waals surface area contributed by atoms with Crippen LogP contribution < -0.4 is 5.32 Å². The number of aromatic nitrogens is 2. The van der Waals surface area contributed by atoms with Crippen molar-refractivity contribution in [2.24, 2.45) is 0 Å². The number of nitrogens with one attached hydrogen (secondary N) is 1. The molecule has 2 heterocycles. The first kappa shape index (κ1) is 12.2. The number of imidazole rings is 1. The zero-order chi connectivity index (χ0) is 12.4. The molecular weight excluding hydrogens is 230 g/mol. The highest BCUT2D eigenvalue weighted by Gasteiger charge is 2.12. The molecule has 0 aliphatic carbocycles. The van der Waals surface area contributed by atoms with Crippen molar-refractivity contribution in [1.29, 1.82) is 0 Å². The normalized spacial score (nSPS) is 12.7. The van der Waals surface area contributed by atoms with Crippen LogP contribution in [0.4, 0.5) is 5.95 Å². The van der Waals surface area contributed by atoms with Crippen molar-refractivity contribution in [2.75, 3.05) is 5.32 Å². The smallest absolute Gasteiger partial charge is 0.203 e. The van der Waals surface area contributed by atoms with Gasteiger partial charge in [-0.05, 0) is 39.3 Å². The molecule has 0 fully saturated rings. The second-order valence-electron chi connectivity index (χ2n) is 4.27. The number of aryl methyl sites for hydroxylation is 3. The SMILES string of the molecule is CCn1ccnc1NC(C)c1cc(C)sc1C. The summed E-state index contributed by atoms with van der Waals surface area (Å²) in [6.07, 6.45) is 3.84. The Morgan fingerprint density at radius 3 is 2.82 bits per heavy atom. The maximum atomic E-state index is 4.34. The lowest BCUT2D eigenvalue weighted by Crippen LogP contribution is -2.11. The van der Waals surface area contributed by atoms with Crippen LogP contribution in [0.15, 0.2) is 18.5 Å². The summed E-state index contributed by atoms with van der Waals surface area (Å²) >= 11 is 1.85. The molecule has 0 aliphatic heterocycles. The van der Waals surface area contributed by atoms with Crippen molar-refractivity contribution < 1.29 is 0 Å². The van der Waals surface area contributed by atoms with E-state index in [1.54, 1.807) is 0 Å². The van der Waals surface area contributed by atoms with Crippen molar-refractivity contribution in [3.63, 3.8) is 0 Å². The maximum absolute atomic E-state index is 4.34. The van der Waals surface area contributed by atoms with Gasteiger partial charge in [-0.1, -0.05) is 0 Å². The molecule has 0 spiro atoms. The molecule has 0 bridgehead atoms. The average molecular weight is 249 g/mol. The largest absolute Gasteiger partial charge is 0.349 e. The van der Waals surface area contributed by atoms with Gasteiger partial charge in [0.2, 0.25) is 5.95 Å². The van der Waals surface area contributed by atoms with E-state index in [4.69, 9.17) is 0 Å². The van der Waals surface area contributed by atoms with E-state index < -0.39 is 0 Å². The van der Waals surface area contributed by atoms with Crippen LogP contribution in [0.5, 0.6) is 0 Å². The van der Waals surface area contributed by atoms with Gasteiger partial charge in [0.15, 0.2) is 0 Å². The third-order valence-electron chi connectivity index (χ3n) is 2.95. The summed E-state index contributed by atoms with van der Waals surface area (Å²) in [4.78, 5) is 7.10. The molecule has 17 heavy (non-hydrogen) atoms. The molecule has 1 atom stereocenters. The molecular formula is C13H19N3S. The Labute approximate surface area is 107 Å². The molecule has 92 valence electrons. The highest BCUT2D eigenvalue weighted by Crippen LogP contribution is 2.28. The van der Waals surface area contributed by atoms with Gasteiger partial charge in [0.25, 0.3) is 0 Å². The Kier molecular flexibility index (Phi) is 3.52. The van der Waals surface area contributed by atoms with Gasteiger partial charge in [-0.2, -0.15) is 0 Å². The van der Waals surface area contributed by atoms with Crippen LogP contribution in [0.3, 0.4) is 0 Å². The Balaban J connectivity index is 2.17. The maximum Gasteiger partial charge on any atom is 0.203 e. The van der Waals surface area contributed by atoms with Gasteiger partial charge in [0.05, 0.1) is 6.04 Å². The number of nitrogens with zero attached hydrogens (tertiary/aromatic N) is 2. The quantitative estimate of drug-likeness (QED) is 0.894. The van der Waals surface area contributed by atoms with Crippen molar-refractivity contribution >= 4 is 17.3 Å². The van der Waals surface area contributed by atoms with E-state index in [0.717, 1.165) is 12.5 Å². The lowest BCUT2D eigenvalue weighted by molar-refractivity contribution is 0.743. The van der Waals surface area contributed by atoms with Crippen LogP contribution in [-0.2, 0) is 6.54 Å². The molecule has 0 amide bonds. The molecule has 4 heteroatoms. The second-order valence-corrected chi connectivity index (χ2v) is 5.73.